The number of hydrogen-bond acceptors (Lipinski definition) is 10. The van der Waals surface area contributed by atoms with Crippen molar-refractivity contribution < 1.29 is 28.7 Å². The lowest BCUT2D eigenvalue weighted by Crippen LogP contribution is -2.43. The van der Waals surface area contributed by atoms with E-state index in [1.807, 2.05) is 6.07 Å². The molecule has 10 nitrogen and oxygen atoms in total. The Morgan fingerprint density at radius 2 is 1.85 bits per heavy atom. The highest BCUT2D eigenvalue weighted by molar-refractivity contribution is 7.17. The number of anilines is 2. The standard InChI is InChI=1S/C28H30N4O6S/c1-29-11-12-30(13-14-31(29)22-5-4-6-25-21(22)9-16-39-25)10-2-3-15-36-20-8-7-19-17-24-26(33)32(23(19)18-20)38-28(35)27(34)37-24/h4-9,16,18,24H,2-3,10-15,17H2,1H3. The molecule has 1 unspecified atom stereocenters. The highest BCUT2D eigenvalue weighted by Gasteiger charge is 2.43. The second-order valence-electron chi connectivity index (χ2n) is 9.91. The van der Waals surface area contributed by atoms with Crippen molar-refractivity contribution in [1.82, 2.24) is 9.91 Å². The molecule has 1 atom stereocenters. The minimum atomic E-state index is -1.21. The van der Waals surface area contributed by atoms with E-state index in [9.17, 15) is 14.4 Å². The Morgan fingerprint density at radius 1 is 0.974 bits per heavy atom. The molecule has 0 saturated carbocycles. The molecule has 0 aliphatic carbocycles. The summed E-state index contributed by atoms with van der Waals surface area (Å²) in [7, 11) is 2.16. The number of likely N-dealkylation sites (N-methyl/N-ethyl adjacent to an activating group) is 1. The fraction of sp³-hybridized carbons (Fsp3) is 0.393. The molecule has 2 bridgehead atoms. The summed E-state index contributed by atoms with van der Waals surface area (Å²) in [6, 6.07) is 14.0. The van der Waals surface area contributed by atoms with E-state index in [0.29, 0.717) is 18.0 Å². The summed E-state index contributed by atoms with van der Waals surface area (Å²) >= 11 is 1.78. The number of thiophene rings is 1. The van der Waals surface area contributed by atoms with E-state index in [0.717, 1.165) is 56.2 Å². The molecule has 1 amide bonds. The molecular weight excluding hydrogens is 520 g/mol. The first-order chi connectivity index (χ1) is 19.0. The van der Waals surface area contributed by atoms with E-state index in [1.54, 1.807) is 23.5 Å². The second kappa shape index (κ2) is 10.8. The van der Waals surface area contributed by atoms with Crippen LogP contribution in [0.3, 0.4) is 0 Å². The summed E-state index contributed by atoms with van der Waals surface area (Å²) in [5.41, 5.74) is 2.41. The maximum atomic E-state index is 12.6. The molecule has 0 radical (unpaired) electrons. The third-order valence-corrected chi connectivity index (χ3v) is 8.30. The number of benzene rings is 2. The number of esters is 1. The first-order valence-electron chi connectivity index (χ1n) is 13.2. The zero-order valence-corrected chi connectivity index (χ0v) is 22.5. The molecule has 204 valence electrons. The minimum absolute atomic E-state index is 0.193. The highest BCUT2D eigenvalue weighted by atomic mass is 32.1. The van der Waals surface area contributed by atoms with Crippen LogP contribution >= 0.6 is 11.3 Å². The van der Waals surface area contributed by atoms with Crippen molar-refractivity contribution in [3.05, 3.63) is 53.4 Å². The van der Waals surface area contributed by atoms with E-state index < -0.39 is 23.9 Å². The lowest BCUT2D eigenvalue weighted by Gasteiger charge is -2.32. The third-order valence-electron chi connectivity index (χ3n) is 7.41. The van der Waals surface area contributed by atoms with Crippen LogP contribution in [0.4, 0.5) is 11.4 Å². The summed E-state index contributed by atoms with van der Waals surface area (Å²) < 4.78 is 12.2. The van der Waals surface area contributed by atoms with Crippen molar-refractivity contribution in [1.29, 1.82) is 0 Å². The normalized spacial score (nSPS) is 20.3. The quantitative estimate of drug-likeness (QED) is 0.250. The van der Waals surface area contributed by atoms with Gasteiger partial charge in [-0.3, -0.25) is 4.79 Å². The number of carbonyl (C=O) groups excluding carboxylic acids is 3. The Labute approximate surface area is 230 Å². The van der Waals surface area contributed by atoms with Gasteiger partial charge in [0.1, 0.15) is 5.75 Å². The van der Waals surface area contributed by atoms with Crippen molar-refractivity contribution in [2.75, 3.05) is 56.5 Å². The molecule has 0 spiro atoms. The van der Waals surface area contributed by atoms with Crippen LogP contribution < -0.4 is 14.8 Å². The number of nitrogens with zero attached hydrogens (tertiary/aromatic N) is 4. The number of hydroxylamine groups is 1. The third kappa shape index (κ3) is 5.17. The number of amides is 1. The first kappa shape index (κ1) is 25.6. The number of hydrazine groups is 1. The summed E-state index contributed by atoms with van der Waals surface area (Å²) in [4.78, 5) is 43.5. The average Bonchev–Trinajstić information content (AvgIpc) is 3.32. The van der Waals surface area contributed by atoms with Gasteiger partial charge in [-0.2, -0.15) is 0 Å². The number of hydrogen-bond donors (Lipinski definition) is 0. The molecule has 3 aliphatic heterocycles. The van der Waals surface area contributed by atoms with Gasteiger partial charge in [-0.1, -0.05) is 12.1 Å². The fourth-order valence-electron chi connectivity index (χ4n) is 5.30. The van der Waals surface area contributed by atoms with Crippen molar-refractivity contribution in [3.63, 3.8) is 0 Å². The Bertz CT molecular complexity index is 1410. The topological polar surface area (TPSA) is 91.9 Å². The molecule has 1 aromatic heterocycles. The monoisotopic (exact) mass is 550 g/mol. The van der Waals surface area contributed by atoms with Gasteiger partial charge >= 0.3 is 17.8 Å². The second-order valence-corrected chi connectivity index (χ2v) is 10.9. The molecule has 6 rings (SSSR count). The zero-order valence-electron chi connectivity index (χ0n) is 21.7. The molecular formula is C28H30N4O6S. The van der Waals surface area contributed by atoms with Crippen LogP contribution in [0.5, 0.6) is 5.75 Å². The molecule has 11 heteroatoms. The minimum Gasteiger partial charge on any atom is -0.494 e. The van der Waals surface area contributed by atoms with Crippen LogP contribution in [0.2, 0.25) is 0 Å². The van der Waals surface area contributed by atoms with Gasteiger partial charge in [0.25, 0.3) is 0 Å². The summed E-state index contributed by atoms with van der Waals surface area (Å²) in [5, 5.41) is 9.02. The number of fused-ring (bicyclic) bond motifs is 5. The van der Waals surface area contributed by atoms with Crippen molar-refractivity contribution in [2.45, 2.75) is 25.4 Å². The zero-order chi connectivity index (χ0) is 26.9. The Morgan fingerprint density at radius 3 is 2.74 bits per heavy atom. The predicted octanol–water partition coefficient (Wildman–Crippen LogP) is 3.00. The van der Waals surface area contributed by atoms with Crippen LogP contribution in [0.25, 0.3) is 10.1 Å². The van der Waals surface area contributed by atoms with E-state index in [1.165, 1.54) is 15.8 Å². The van der Waals surface area contributed by atoms with Gasteiger partial charge < -0.3 is 24.2 Å². The summed E-state index contributed by atoms with van der Waals surface area (Å²) in [6.07, 6.45) is 1.01. The van der Waals surface area contributed by atoms with Crippen LogP contribution in [0.1, 0.15) is 18.4 Å². The van der Waals surface area contributed by atoms with E-state index in [4.69, 9.17) is 14.3 Å². The van der Waals surface area contributed by atoms with Gasteiger partial charge in [0.2, 0.25) is 0 Å². The van der Waals surface area contributed by atoms with E-state index in [2.05, 4.69) is 51.6 Å². The molecule has 3 aromatic rings. The molecule has 0 N–H and O–H groups in total. The van der Waals surface area contributed by atoms with Crippen molar-refractivity contribution in [3.8, 4) is 5.75 Å². The lowest BCUT2D eigenvalue weighted by atomic mass is 10.0. The Balaban J connectivity index is 0.999. The summed E-state index contributed by atoms with van der Waals surface area (Å²) in [6.45, 7) is 5.42. The van der Waals surface area contributed by atoms with Crippen LogP contribution in [-0.4, -0.2) is 80.2 Å². The number of ether oxygens (including phenoxy) is 2. The molecule has 2 saturated heterocycles. The number of unbranched alkanes of at least 4 members (excludes halogenated alkanes) is 1. The van der Waals surface area contributed by atoms with Gasteiger partial charge in [-0.15, -0.1) is 16.4 Å². The Hall–Kier alpha value is -3.67. The van der Waals surface area contributed by atoms with Gasteiger partial charge in [0.05, 0.1) is 18.0 Å². The van der Waals surface area contributed by atoms with Crippen molar-refractivity contribution >= 4 is 50.6 Å². The van der Waals surface area contributed by atoms with Gasteiger partial charge in [-0.25, -0.2) is 14.6 Å². The van der Waals surface area contributed by atoms with Crippen LogP contribution in [-0.2, 0) is 30.4 Å². The maximum Gasteiger partial charge on any atom is 0.442 e. The maximum absolute atomic E-state index is 12.6. The van der Waals surface area contributed by atoms with Gasteiger partial charge in [0.15, 0.2) is 6.10 Å². The average molecular weight is 551 g/mol. The van der Waals surface area contributed by atoms with Crippen molar-refractivity contribution in [2.24, 2.45) is 0 Å². The van der Waals surface area contributed by atoms with E-state index >= 15 is 0 Å². The van der Waals surface area contributed by atoms with Gasteiger partial charge in [0, 0.05) is 55.8 Å². The van der Waals surface area contributed by atoms with Crippen LogP contribution in [0, 0.1) is 0 Å². The first-order valence-corrected chi connectivity index (χ1v) is 14.1. The highest BCUT2D eigenvalue weighted by Crippen LogP contribution is 2.34. The number of carbonyl (C=O) groups is 3. The number of rotatable bonds is 7. The smallest absolute Gasteiger partial charge is 0.442 e. The lowest BCUT2D eigenvalue weighted by molar-refractivity contribution is -0.166. The predicted molar refractivity (Wildman–Crippen MR) is 147 cm³/mol. The SMILES string of the molecule is CN1CCN(CCCCOc2ccc3c(c2)N2OC(=O)C(=O)OC(C3)C2=O)CCN1c1cccc2sccc12. The Kier molecular flexibility index (Phi) is 7.11. The van der Waals surface area contributed by atoms with Crippen LogP contribution in [0.15, 0.2) is 47.8 Å². The largest absolute Gasteiger partial charge is 0.494 e. The molecule has 3 aliphatic rings. The van der Waals surface area contributed by atoms with E-state index in [-0.39, 0.29) is 6.42 Å². The molecule has 4 heterocycles. The fourth-order valence-corrected chi connectivity index (χ4v) is 6.11. The van der Waals surface area contributed by atoms with Gasteiger partial charge in [-0.05, 0) is 54.6 Å². The molecule has 2 fully saturated rings. The molecule has 2 aromatic carbocycles. The molecule has 39 heavy (non-hydrogen) atoms. The summed E-state index contributed by atoms with van der Waals surface area (Å²) in [5.74, 6) is -2.38.